The van der Waals surface area contributed by atoms with E-state index < -0.39 is 4.51 Å². The van der Waals surface area contributed by atoms with Gasteiger partial charge in [0.1, 0.15) is 5.83 Å². The summed E-state index contributed by atoms with van der Waals surface area (Å²) in [5.41, 5.74) is 5.62. The normalized spacial score (nSPS) is 37.1. The molecule has 0 radical (unpaired) electrons. The van der Waals surface area contributed by atoms with Crippen LogP contribution in [0.4, 0.5) is 4.39 Å². The first kappa shape index (κ1) is 8.90. The van der Waals surface area contributed by atoms with E-state index in [0.29, 0.717) is 0 Å². The largest absolute Gasteiger partial charge is 0.361 e. The summed E-state index contributed by atoms with van der Waals surface area (Å²) >= 11 is 3.19. The predicted molar refractivity (Wildman–Crippen MR) is 45.0 cm³/mol. The van der Waals surface area contributed by atoms with Crippen molar-refractivity contribution in [2.24, 2.45) is 5.73 Å². The van der Waals surface area contributed by atoms with E-state index in [1.165, 1.54) is 19.3 Å². The smallest absolute Gasteiger partial charge is 0.162 e. The molecule has 0 aromatic carbocycles. The van der Waals surface area contributed by atoms with Gasteiger partial charge in [0.2, 0.25) is 0 Å². The van der Waals surface area contributed by atoms with Gasteiger partial charge >= 0.3 is 0 Å². The van der Waals surface area contributed by atoms with Crippen LogP contribution in [0.2, 0.25) is 0 Å². The van der Waals surface area contributed by atoms with Crippen molar-refractivity contribution in [3.05, 3.63) is 24.1 Å². The number of ether oxygens (including phenoxy) is 1. The Bertz CT molecular complexity index is 216. The molecule has 1 aliphatic rings. The van der Waals surface area contributed by atoms with Crippen LogP contribution in [0.5, 0.6) is 0 Å². The Hall–Kier alpha value is -0.190. The van der Waals surface area contributed by atoms with Crippen LogP contribution >= 0.6 is 15.9 Å². The number of halogens is 2. The highest BCUT2D eigenvalue weighted by atomic mass is 79.9. The molecular weight excluding hydrogens is 213 g/mol. The summed E-state index contributed by atoms with van der Waals surface area (Å²) in [4.78, 5) is 0. The molecule has 0 aromatic rings. The lowest BCUT2D eigenvalue weighted by Gasteiger charge is -2.29. The molecule has 11 heavy (non-hydrogen) atoms. The second-order valence-electron chi connectivity index (χ2n) is 2.32. The van der Waals surface area contributed by atoms with Crippen LogP contribution in [-0.4, -0.2) is 17.7 Å². The summed E-state index contributed by atoms with van der Waals surface area (Å²) < 4.78 is 16.8. The number of hydrogen-bond donors (Lipinski definition) is 1. The molecule has 0 amide bonds. The third kappa shape index (κ3) is 1.69. The van der Waals surface area contributed by atoms with E-state index >= 15 is 0 Å². The molecule has 0 fully saturated rings. The Labute approximate surface area is 73.0 Å². The molecule has 0 heterocycles. The number of nitrogens with two attached hydrogens (primary N) is 1. The van der Waals surface area contributed by atoms with Gasteiger partial charge in [0.05, 0.1) is 6.04 Å². The molecule has 1 aliphatic carbocycles. The maximum absolute atomic E-state index is 12.6. The fourth-order valence-corrected chi connectivity index (χ4v) is 1.23. The lowest BCUT2D eigenvalue weighted by atomic mass is 10.1. The number of hydrogen-bond acceptors (Lipinski definition) is 2. The zero-order chi connectivity index (χ0) is 8.48. The predicted octanol–water partition coefficient (Wildman–Crippen LogP) is 1.47. The first-order valence-corrected chi connectivity index (χ1v) is 3.94. The molecule has 0 spiro atoms. The Morgan fingerprint density at radius 3 is 2.91 bits per heavy atom. The number of allylic oxidation sites excluding steroid dienone is 2. The van der Waals surface area contributed by atoms with Crippen molar-refractivity contribution < 1.29 is 9.13 Å². The average molecular weight is 222 g/mol. The third-order valence-electron chi connectivity index (χ3n) is 1.56. The van der Waals surface area contributed by atoms with Gasteiger partial charge in [-0.05, 0) is 28.1 Å². The highest BCUT2D eigenvalue weighted by molar-refractivity contribution is 9.10. The zero-order valence-corrected chi connectivity index (χ0v) is 7.64. The van der Waals surface area contributed by atoms with Crippen molar-refractivity contribution in [3.8, 4) is 0 Å². The number of methoxy groups -OCH3 is 1. The molecule has 0 aliphatic heterocycles. The van der Waals surface area contributed by atoms with Gasteiger partial charge in [-0.1, -0.05) is 6.08 Å². The first-order valence-electron chi connectivity index (χ1n) is 3.15. The summed E-state index contributed by atoms with van der Waals surface area (Å²) in [6, 6.07) is -0.355. The summed E-state index contributed by atoms with van der Waals surface area (Å²) in [5.74, 6) is -0.342. The van der Waals surface area contributed by atoms with E-state index in [2.05, 4.69) is 15.9 Å². The van der Waals surface area contributed by atoms with Crippen molar-refractivity contribution in [1.82, 2.24) is 0 Å². The molecule has 2 N–H and O–H groups in total. The van der Waals surface area contributed by atoms with Crippen molar-refractivity contribution in [1.29, 1.82) is 0 Å². The van der Waals surface area contributed by atoms with E-state index in [-0.39, 0.29) is 11.9 Å². The van der Waals surface area contributed by atoms with Crippen molar-refractivity contribution in [2.75, 3.05) is 7.11 Å². The highest BCUT2D eigenvalue weighted by Gasteiger charge is 2.32. The van der Waals surface area contributed by atoms with Gasteiger partial charge < -0.3 is 10.5 Å². The van der Waals surface area contributed by atoms with E-state index in [0.717, 1.165) is 0 Å². The second-order valence-corrected chi connectivity index (χ2v) is 3.56. The Morgan fingerprint density at radius 2 is 2.45 bits per heavy atom. The van der Waals surface area contributed by atoms with Crippen molar-refractivity contribution >= 4 is 15.9 Å². The molecular formula is C7H9BrFNO. The number of rotatable bonds is 1. The summed E-state index contributed by atoms with van der Waals surface area (Å²) in [5, 5.41) is 0. The van der Waals surface area contributed by atoms with Gasteiger partial charge in [-0.3, -0.25) is 0 Å². The van der Waals surface area contributed by atoms with E-state index in [4.69, 9.17) is 10.5 Å². The van der Waals surface area contributed by atoms with Gasteiger partial charge in [-0.2, -0.15) is 0 Å². The highest BCUT2D eigenvalue weighted by Crippen LogP contribution is 2.30. The van der Waals surface area contributed by atoms with Crippen LogP contribution in [0.1, 0.15) is 0 Å². The zero-order valence-electron chi connectivity index (χ0n) is 6.05. The standard InChI is InChI=1S/C7H9BrFNO/c1-11-7(8)4-5(9)2-3-6(7)10/h2-4,6H,10H2,1H3. The molecule has 0 saturated heterocycles. The fraction of sp³-hybridized carbons (Fsp3) is 0.429. The van der Waals surface area contributed by atoms with Gasteiger partial charge in [-0.15, -0.1) is 0 Å². The minimum Gasteiger partial charge on any atom is -0.361 e. The van der Waals surface area contributed by atoms with Gasteiger partial charge in [0, 0.05) is 7.11 Å². The molecule has 62 valence electrons. The molecule has 0 bridgehead atoms. The van der Waals surface area contributed by atoms with Crippen LogP contribution in [-0.2, 0) is 4.74 Å². The maximum atomic E-state index is 12.6. The van der Waals surface area contributed by atoms with Gasteiger partial charge in [0.15, 0.2) is 4.51 Å². The molecule has 2 nitrogen and oxygen atoms in total. The van der Waals surface area contributed by atoms with Gasteiger partial charge in [0.25, 0.3) is 0 Å². The van der Waals surface area contributed by atoms with Gasteiger partial charge in [-0.25, -0.2) is 4.39 Å². The summed E-state index contributed by atoms with van der Waals surface area (Å²) in [6.07, 6.45) is 4.18. The molecule has 0 aromatic heterocycles. The first-order chi connectivity index (χ1) is 5.08. The van der Waals surface area contributed by atoms with Crippen molar-refractivity contribution in [2.45, 2.75) is 10.6 Å². The van der Waals surface area contributed by atoms with Crippen LogP contribution in [0.15, 0.2) is 24.1 Å². The van der Waals surface area contributed by atoms with Crippen LogP contribution < -0.4 is 5.73 Å². The quantitative estimate of drug-likeness (QED) is 0.682. The van der Waals surface area contributed by atoms with E-state index in [1.54, 1.807) is 6.08 Å². The Kier molecular flexibility index (Phi) is 2.47. The minimum absolute atomic E-state index is 0.342. The van der Waals surface area contributed by atoms with E-state index in [1.807, 2.05) is 0 Å². The summed E-state index contributed by atoms with van der Waals surface area (Å²) in [6.45, 7) is 0. The second kappa shape index (κ2) is 3.05. The van der Waals surface area contributed by atoms with Crippen LogP contribution in [0.25, 0.3) is 0 Å². The van der Waals surface area contributed by atoms with Crippen LogP contribution in [0, 0.1) is 0 Å². The fourth-order valence-electron chi connectivity index (χ4n) is 0.854. The third-order valence-corrected chi connectivity index (χ3v) is 2.65. The maximum Gasteiger partial charge on any atom is 0.162 e. The molecule has 2 atom stereocenters. The number of alkyl halides is 1. The Balaban J connectivity index is 2.89. The molecule has 0 saturated carbocycles. The lowest BCUT2D eigenvalue weighted by Crippen LogP contribution is -2.43. The topological polar surface area (TPSA) is 35.2 Å². The summed E-state index contributed by atoms with van der Waals surface area (Å²) in [7, 11) is 1.47. The Morgan fingerprint density at radius 1 is 1.82 bits per heavy atom. The van der Waals surface area contributed by atoms with Crippen LogP contribution in [0.3, 0.4) is 0 Å². The lowest BCUT2D eigenvalue weighted by molar-refractivity contribution is 0.104. The molecule has 2 unspecified atom stereocenters. The molecule has 1 rings (SSSR count). The van der Waals surface area contributed by atoms with E-state index in [9.17, 15) is 4.39 Å². The minimum atomic E-state index is -0.883. The monoisotopic (exact) mass is 221 g/mol. The SMILES string of the molecule is COC1(Br)C=C(F)C=CC1N. The average Bonchev–Trinajstić information content (AvgIpc) is 1.98. The van der Waals surface area contributed by atoms with Crippen molar-refractivity contribution in [3.63, 3.8) is 0 Å². The molecule has 4 heteroatoms.